The molecule has 4 N–H and O–H groups in total. The first-order valence-electron chi connectivity index (χ1n) is 6.99. The van der Waals surface area contributed by atoms with Gasteiger partial charge >= 0.3 is 0 Å². The van der Waals surface area contributed by atoms with Crippen LogP contribution in [0.15, 0.2) is 30.3 Å². The second kappa shape index (κ2) is 6.78. The van der Waals surface area contributed by atoms with Gasteiger partial charge in [0.05, 0.1) is 6.10 Å². The van der Waals surface area contributed by atoms with E-state index in [-0.39, 0.29) is 12.1 Å². The molecule has 0 saturated carbocycles. The van der Waals surface area contributed by atoms with Crippen molar-refractivity contribution in [3.8, 4) is 5.75 Å². The van der Waals surface area contributed by atoms with Crippen LogP contribution >= 0.6 is 0 Å². The zero-order valence-corrected chi connectivity index (χ0v) is 12.6. The van der Waals surface area contributed by atoms with Crippen LogP contribution in [0.25, 0.3) is 0 Å². The van der Waals surface area contributed by atoms with Gasteiger partial charge in [-0.3, -0.25) is 0 Å². The predicted octanol–water partition coefficient (Wildman–Crippen LogP) is 3.02. The molecule has 0 spiro atoms. The van der Waals surface area contributed by atoms with Crippen LogP contribution in [0.3, 0.4) is 0 Å². The Morgan fingerprint density at radius 3 is 2.43 bits per heavy atom. The average Bonchev–Trinajstić information content (AvgIpc) is 2.40. The van der Waals surface area contributed by atoms with E-state index in [0.29, 0.717) is 11.6 Å². The first-order valence-corrected chi connectivity index (χ1v) is 6.99. The summed E-state index contributed by atoms with van der Waals surface area (Å²) in [6.45, 7) is 6.77. The summed E-state index contributed by atoms with van der Waals surface area (Å²) in [5.41, 5.74) is 6.61. The van der Waals surface area contributed by atoms with Crippen LogP contribution < -0.4 is 21.1 Å². The second-order valence-electron chi connectivity index (χ2n) is 4.84. The van der Waals surface area contributed by atoms with Crippen molar-refractivity contribution in [2.75, 3.05) is 22.9 Å². The Bertz CT molecular complexity index is 583. The van der Waals surface area contributed by atoms with Gasteiger partial charge < -0.3 is 21.1 Å². The van der Waals surface area contributed by atoms with Gasteiger partial charge in [0.15, 0.2) is 0 Å². The number of hydrogen-bond donors (Lipinski definition) is 3. The van der Waals surface area contributed by atoms with E-state index in [2.05, 4.69) is 20.6 Å². The summed E-state index contributed by atoms with van der Waals surface area (Å²) in [5, 5.41) is 6.31. The topological polar surface area (TPSA) is 85.1 Å². The molecule has 112 valence electrons. The van der Waals surface area contributed by atoms with Crippen molar-refractivity contribution < 1.29 is 4.74 Å². The third-order valence-electron chi connectivity index (χ3n) is 2.60. The van der Waals surface area contributed by atoms with E-state index in [0.717, 1.165) is 18.0 Å². The molecule has 0 radical (unpaired) electrons. The van der Waals surface area contributed by atoms with Crippen molar-refractivity contribution >= 4 is 23.3 Å². The lowest BCUT2D eigenvalue weighted by molar-refractivity contribution is 0.242. The number of nitrogens with two attached hydrogens (primary N) is 1. The fourth-order valence-corrected chi connectivity index (χ4v) is 1.84. The predicted molar refractivity (Wildman–Crippen MR) is 86.1 cm³/mol. The minimum Gasteiger partial charge on any atom is -0.491 e. The summed E-state index contributed by atoms with van der Waals surface area (Å²) in [5.74, 6) is 2.42. The lowest BCUT2D eigenvalue weighted by atomic mass is 10.3. The van der Waals surface area contributed by atoms with Gasteiger partial charge in [-0.1, -0.05) is 0 Å². The van der Waals surface area contributed by atoms with Gasteiger partial charge in [0, 0.05) is 18.3 Å². The summed E-state index contributed by atoms with van der Waals surface area (Å²) in [6.07, 6.45) is 0.160. The first kappa shape index (κ1) is 14.9. The van der Waals surface area contributed by atoms with Crippen molar-refractivity contribution in [3.05, 3.63) is 30.3 Å². The van der Waals surface area contributed by atoms with Gasteiger partial charge in [0.25, 0.3) is 0 Å². The minimum atomic E-state index is 0.160. The van der Waals surface area contributed by atoms with Gasteiger partial charge in [-0.2, -0.15) is 9.97 Å². The van der Waals surface area contributed by atoms with E-state index < -0.39 is 0 Å². The van der Waals surface area contributed by atoms with Crippen molar-refractivity contribution in [1.82, 2.24) is 9.97 Å². The van der Waals surface area contributed by atoms with Crippen LogP contribution in [0.5, 0.6) is 5.75 Å². The highest BCUT2D eigenvalue weighted by molar-refractivity contribution is 5.61. The summed E-state index contributed by atoms with van der Waals surface area (Å²) in [6, 6.07) is 9.51. The van der Waals surface area contributed by atoms with E-state index in [9.17, 15) is 0 Å². The van der Waals surface area contributed by atoms with Crippen molar-refractivity contribution in [2.24, 2.45) is 0 Å². The van der Waals surface area contributed by atoms with Crippen LogP contribution in [0, 0.1) is 0 Å². The fraction of sp³-hybridized carbons (Fsp3) is 0.333. The zero-order chi connectivity index (χ0) is 15.2. The van der Waals surface area contributed by atoms with E-state index in [1.807, 2.05) is 51.1 Å². The molecule has 0 fully saturated rings. The third kappa shape index (κ3) is 4.52. The zero-order valence-electron chi connectivity index (χ0n) is 12.6. The van der Waals surface area contributed by atoms with Gasteiger partial charge in [0.2, 0.25) is 5.95 Å². The molecule has 6 nitrogen and oxygen atoms in total. The Labute approximate surface area is 124 Å². The molecule has 0 atom stereocenters. The molecule has 0 aliphatic carbocycles. The van der Waals surface area contributed by atoms with Crippen LogP contribution in [0.4, 0.5) is 23.3 Å². The van der Waals surface area contributed by atoms with E-state index in [1.54, 1.807) is 0 Å². The number of ether oxygens (including phenoxy) is 1. The molecule has 6 heteroatoms. The molecule has 0 bridgehead atoms. The molecule has 0 aliphatic heterocycles. The van der Waals surface area contributed by atoms with Gasteiger partial charge in [-0.25, -0.2) is 0 Å². The number of rotatable bonds is 6. The Balaban J connectivity index is 2.10. The van der Waals surface area contributed by atoms with Gasteiger partial charge in [0.1, 0.15) is 17.4 Å². The summed E-state index contributed by atoms with van der Waals surface area (Å²) in [7, 11) is 0. The quantitative estimate of drug-likeness (QED) is 0.757. The van der Waals surface area contributed by atoms with E-state index in [1.165, 1.54) is 0 Å². The van der Waals surface area contributed by atoms with Crippen LogP contribution in [0.1, 0.15) is 20.8 Å². The molecular formula is C15H21N5O. The maximum Gasteiger partial charge on any atom is 0.223 e. The number of hydrogen-bond acceptors (Lipinski definition) is 6. The lowest BCUT2D eigenvalue weighted by Crippen LogP contribution is -2.06. The number of benzene rings is 1. The molecule has 21 heavy (non-hydrogen) atoms. The van der Waals surface area contributed by atoms with E-state index >= 15 is 0 Å². The molecule has 1 aromatic heterocycles. The summed E-state index contributed by atoms with van der Waals surface area (Å²) < 4.78 is 5.61. The Kier molecular flexibility index (Phi) is 4.81. The molecule has 0 saturated heterocycles. The summed E-state index contributed by atoms with van der Waals surface area (Å²) >= 11 is 0. The molecule has 0 amide bonds. The summed E-state index contributed by atoms with van der Waals surface area (Å²) in [4.78, 5) is 8.27. The normalized spacial score (nSPS) is 10.5. The Hall–Kier alpha value is -2.50. The maximum absolute atomic E-state index is 5.70. The largest absolute Gasteiger partial charge is 0.491 e. The molecule has 2 rings (SSSR count). The second-order valence-corrected chi connectivity index (χ2v) is 4.84. The first-order chi connectivity index (χ1) is 10.1. The third-order valence-corrected chi connectivity index (χ3v) is 2.60. The fourth-order valence-electron chi connectivity index (χ4n) is 1.84. The standard InChI is InChI=1S/C15H21N5O/c1-4-17-13-9-14(20-15(16)19-13)18-11-5-7-12(8-6-11)21-10(2)3/h5-10H,4H2,1-3H3,(H4,16,17,18,19,20). The lowest BCUT2D eigenvalue weighted by Gasteiger charge is -2.11. The molecule has 1 aromatic carbocycles. The van der Waals surface area contributed by atoms with Crippen LogP contribution in [0.2, 0.25) is 0 Å². The van der Waals surface area contributed by atoms with Crippen LogP contribution in [-0.2, 0) is 0 Å². The highest BCUT2D eigenvalue weighted by Gasteiger charge is 2.03. The van der Waals surface area contributed by atoms with Crippen LogP contribution in [-0.4, -0.2) is 22.6 Å². The number of anilines is 4. The number of nitrogens with zero attached hydrogens (tertiary/aromatic N) is 2. The van der Waals surface area contributed by atoms with E-state index in [4.69, 9.17) is 10.5 Å². The molecular weight excluding hydrogens is 266 g/mol. The van der Waals surface area contributed by atoms with Crippen molar-refractivity contribution in [3.63, 3.8) is 0 Å². The SMILES string of the molecule is CCNc1cc(Nc2ccc(OC(C)C)cc2)nc(N)n1. The molecule has 0 unspecified atom stereocenters. The monoisotopic (exact) mass is 287 g/mol. The highest BCUT2D eigenvalue weighted by atomic mass is 16.5. The minimum absolute atomic E-state index is 0.160. The van der Waals surface area contributed by atoms with Crippen molar-refractivity contribution in [2.45, 2.75) is 26.9 Å². The number of nitrogen functional groups attached to an aromatic ring is 1. The smallest absolute Gasteiger partial charge is 0.223 e. The number of aromatic nitrogens is 2. The molecule has 2 aromatic rings. The van der Waals surface area contributed by atoms with Crippen molar-refractivity contribution in [1.29, 1.82) is 0 Å². The number of nitrogens with one attached hydrogen (secondary N) is 2. The Morgan fingerprint density at radius 1 is 1.14 bits per heavy atom. The highest BCUT2D eigenvalue weighted by Crippen LogP contribution is 2.21. The molecule has 1 heterocycles. The average molecular weight is 287 g/mol. The van der Waals surface area contributed by atoms with Gasteiger partial charge in [-0.15, -0.1) is 0 Å². The molecule has 0 aliphatic rings. The maximum atomic E-state index is 5.70. The van der Waals surface area contributed by atoms with Gasteiger partial charge in [-0.05, 0) is 45.0 Å². The Morgan fingerprint density at radius 2 is 1.81 bits per heavy atom.